The van der Waals surface area contributed by atoms with E-state index in [0.29, 0.717) is 18.2 Å². The summed E-state index contributed by atoms with van der Waals surface area (Å²) in [5.41, 5.74) is 1.21. The fraction of sp³-hybridized carbons (Fsp3) is 0.824. The van der Waals surface area contributed by atoms with E-state index in [1.54, 1.807) is 0 Å². The fourth-order valence-electron chi connectivity index (χ4n) is 3.78. The van der Waals surface area contributed by atoms with Crippen LogP contribution in [0.15, 0.2) is 12.3 Å². The molecule has 1 aliphatic heterocycles. The molecule has 1 saturated heterocycles. The first-order chi connectivity index (χ1) is 10.4. The van der Waals surface area contributed by atoms with E-state index in [-0.39, 0.29) is 0 Å². The van der Waals surface area contributed by atoms with Crippen molar-refractivity contribution in [2.24, 2.45) is 0 Å². The molecule has 1 saturated carbocycles. The Morgan fingerprint density at radius 3 is 2.86 bits per heavy atom. The Hall–Kier alpha value is -0.870. The second kappa shape index (κ2) is 7.41. The van der Waals surface area contributed by atoms with Gasteiger partial charge in [-0.15, -0.1) is 0 Å². The molecule has 118 valence electrons. The van der Waals surface area contributed by atoms with Crippen LogP contribution in [0, 0.1) is 0 Å². The maximum Gasteiger partial charge on any atom is 0.0732 e. The summed E-state index contributed by atoms with van der Waals surface area (Å²) in [6.07, 6.45) is 12.6. The molecule has 2 heterocycles. The van der Waals surface area contributed by atoms with Crippen LogP contribution in [0.25, 0.3) is 0 Å². The second-order valence-electron chi connectivity index (χ2n) is 6.50. The summed E-state index contributed by atoms with van der Waals surface area (Å²) in [5.74, 6) is 0. The van der Waals surface area contributed by atoms with Gasteiger partial charge < -0.3 is 10.1 Å². The van der Waals surface area contributed by atoms with Crippen LogP contribution in [0.1, 0.15) is 63.6 Å². The summed E-state index contributed by atoms with van der Waals surface area (Å²) in [4.78, 5) is 0. The SMILES string of the molecule is CCNC(Cc1ccn(C2CCCCC2)n1)C1CCCO1. The summed E-state index contributed by atoms with van der Waals surface area (Å²) in [6, 6.07) is 3.24. The number of hydrogen-bond acceptors (Lipinski definition) is 3. The first kappa shape index (κ1) is 15.0. The van der Waals surface area contributed by atoms with Gasteiger partial charge in [0.15, 0.2) is 0 Å². The summed E-state index contributed by atoms with van der Waals surface area (Å²) < 4.78 is 8.08. The molecule has 4 nitrogen and oxygen atoms in total. The highest BCUT2D eigenvalue weighted by Crippen LogP contribution is 2.27. The monoisotopic (exact) mass is 291 g/mol. The molecule has 2 atom stereocenters. The highest BCUT2D eigenvalue weighted by atomic mass is 16.5. The van der Waals surface area contributed by atoms with Gasteiger partial charge in [0.1, 0.15) is 0 Å². The molecule has 4 heteroatoms. The van der Waals surface area contributed by atoms with Gasteiger partial charge in [-0.2, -0.15) is 5.10 Å². The zero-order valence-corrected chi connectivity index (χ0v) is 13.3. The third-order valence-electron chi connectivity index (χ3n) is 4.92. The number of hydrogen-bond donors (Lipinski definition) is 1. The van der Waals surface area contributed by atoms with E-state index in [2.05, 4.69) is 29.2 Å². The first-order valence-electron chi connectivity index (χ1n) is 8.76. The van der Waals surface area contributed by atoms with Crippen LogP contribution in [0.3, 0.4) is 0 Å². The quantitative estimate of drug-likeness (QED) is 0.875. The first-order valence-corrected chi connectivity index (χ1v) is 8.76. The van der Waals surface area contributed by atoms with Gasteiger partial charge in [-0.05, 0) is 38.3 Å². The van der Waals surface area contributed by atoms with Gasteiger partial charge in [0.05, 0.1) is 17.8 Å². The molecule has 1 aliphatic carbocycles. The molecule has 2 fully saturated rings. The van der Waals surface area contributed by atoms with Crippen LogP contribution in [-0.4, -0.2) is 35.1 Å². The van der Waals surface area contributed by atoms with Crippen molar-refractivity contribution < 1.29 is 4.74 Å². The van der Waals surface area contributed by atoms with Crippen molar-refractivity contribution in [2.45, 2.75) is 76.5 Å². The Balaban J connectivity index is 1.61. The fourth-order valence-corrected chi connectivity index (χ4v) is 3.78. The van der Waals surface area contributed by atoms with Gasteiger partial charge in [-0.1, -0.05) is 26.2 Å². The molecule has 2 aliphatic rings. The lowest BCUT2D eigenvalue weighted by Gasteiger charge is -2.23. The van der Waals surface area contributed by atoms with Crippen molar-refractivity contribution in [3.05, 3.63) is 18.0 Å². The van der Waals surface area contributed by atoms with Crippen molar-refractivity contribution >= 4 is 0 Å². The van der Waals surface area contributed by atoms with E-state index < -0.39 is 0 Å². The van der Waals surface area contributed by atoms with E-state index in [0.717, 1.165) is 19.6 Å². The predicted molar refractivity (Wildman–Crippen MR) is 84.5 cm³/mol. The van der Waals surface area contributed by atoms with Gasteiger partial charge in [-0.25, -0.2) is 0 Å². The van der Waals surface area contributed by atoms with Crippen LogP contribution in [0.5, 0.6) is 0 Å². The third-order valence-corrected chi connectivity index (χ3v) is 4.92. The Morgan fingerprint density at radius 2 is 2.14 bits per heavy atom. The minimum atomic E-state index is 0.366. The average Bonchev–Trinajstić information content (AvgIpc) is 3.19. The summed E-state index contributed by atoms with van der Waals surface area (Å²) in [5, 5.41) is 8.44. The van der Waals surface area contributed by atoms with Crippen LogP contribution in [0.4, 0.5) is 0 Å². The molecule has 0 aromatic carbocycles. The molecule has 1 N–H and O–H groups in total. The maximum atomic E-state index is 5.87. The number of aromatic nitrogens is 2. The van der Waals surface area contributed by atoms with E-state index in [1.807, 2.05) is 0 Å². The minimum absolute atomic E-state index is 0.366. The molecule has 1 aromatic rings. The van der Waals surface area contributed by atoms with Crippen molar-refractivity contribution in [2.75, 3.05) is 13.2 Å². The van der Waals surface area contributed by atoms with Crippen molar-refractivity contribution in [1.29, 1.82) is 0 Å². The molecule has 21 heavy (non-hydrogen) atoms. The van der Waals surface area contributed by atoms with Crippen molar-refractivity contribution in [3.63, 3.8) is 0 Å². The van der Waals surface area contributed by atoms with E-state index in [4.69, 9.17) is 9.84 Å². The molecule has 3 rings (SSSR count). The van der Waals surface area contributed by atoms with E-state index in [9.17, 15) is 0 Å². The van der Waals surface area contributed by atoms with Crippen molar-refractivity contribution in [3.8, 4) is 0 Å². The molecule has 1 aromatic heterocycles. The average molecular weight is 291 g/mol. The minimum Gasteiger partial charge on any atom is -0.377 e. The third kappa shape index (κ3) is 3.86. The van der Waals surface area contributed by atoms with Gasteiger partial charge in [0, 0.05) is 25.3 Å². The molecule has 0 radical (unpaired) electrons. The highest BCUT2D eigenvalue weighted by Gasteiger charge is 2.26. The lowest BCUT2D eigenvalue weighted by molar-refractivity contribution is 0.0785. The Bertz CT molecular complexity index is 419. The van der Waals surface area contributed by atoms with E-state index >= 15 is 0 Å². The molecular formula is C17H29N3O. The highest BCUT2D eigenvalue weighted by molar-refractivity contribution is 5.04. The summed E-state index contributed by atoms with van der Waals surface area (Å²) in [7, 11) is 0. The zero-order chi connectivity index (χ0) is 14.5. The summed E-state index contributed by atoms with van der Waals surface area (Å²) >= 11 is 0. The van der Waals surface area contributed by atoms with Crippen molar-refractivity contribution in [1.82, 2.24) is 15.1 Å². The van der Waals surface area contributed by atoms with Gasteiger partial charge in [0.25, 0.3) is 0 Å². The standard InChI is InChI=1S/C17H29N3O/c1-2-18-16(17-9-6-12-21-17)13-14-10-11-20(19-14)15-7-4-3-5-8-15/h10-11,15-18H,2-9,12-13H2,1H3. The van der Waals surface area contributed by atoms with Gasteiger partial charge in [-0.3, -0.25) is 4.68 Å². The maximum absolute atomic E-state index is 5.87. The lowest BCUT2D eigenvalue weighted by Crippen LogP contribution is -2.41. The summed E-state index contributed by atoms with van der Waals surface area (Å²) in [6.45, 7) is 4.08. The Kier molecular flexibility index (Phi) is 5.31. The normalized spacial score (nSPS) is 25.3. The largest absolute Gasteiger partial charge is 0.377 e. The number of likely N-dealkylation sites (N-methyl/N-ethyl adjacent to an activating group) is 1. The molecule has 0 bridgehead atoms. The number of rotatable bonds is 6. The van der Waals surface area contributed by atoms with Crippen LogP contribution < -0.4 is 5.32 Å². The topological polar surface area (TPSA) is 39.1 Å². The van der Waals surface area contributed by atoms with Crippen LogP contribution in [-0.2, 0) is 11.2 Å². The lowest BCUT2D eigenvalue weighted by atomic mass is 9.96. The van der Waals surface area contributed by atoms with Gasteiger partial charge >= 0.3 is 0 Å². The Labute approximate surface area is 128 Å². The number of nitrogens with one attached hydrogen (secondary N) is 1. The molecular weight excluding hydrogens is 262 g/mol. The molecule has 0 spiro atoms. The zero-order valence-electron chi connectivity index (χ0n) is 13.3. The smallest absolute Gasteiger partial charge is 0.0732 e. The Morgan fingerprint density at radius 1 is 1.29 bits per heavy atom. The van der Waals surface area contributed by atoms with Gasteiger partial charge in [0.2, 0.25) is 0 Å². The predicted octanol–water partition coefficient (Wildman–Crippen LogP) is 3.09. The van der Waals surface area contributed by atoms with Crippen LogP contribution in [0.2, 0.25) is 0 Å². The molecule has 2 unspecified atom stereocenters. The number of nitrogens with zero attached hydrogens (tertiary/aromatic N) is 2. The van der Waals surface area contributed by atoms with Crippen LogP contribution >= 0.6 is 0 Å². The second-order valence-corrected chi connectivity index (χ2v) is 6.50. The van der Waals surface area contributed by atoms with E-state index in [1.165, 1.54) is 50.6 Å². The molecule has 0 amide bonds. The number of ether oxygens (including phenoxy) is 1.